The Morgan fingerprint density at radius 3 is 2.88 bits per heavy atom. The monoisotopic (exact) mass is 243 g/mol. The second-order valence-corrected chi connectivity index (χ2v) is 3.54. The van der Waals surface area contributed by atoms with Crippen LogP contribution in [0.25, 0.3) is 5.69 Å². The van der Waals surface area contributed by atoms with Crippen LogP contribution in [0.15, 0.2) is 24.4 Å². The second kappa shape index (κ2) is 4.57. The molecule has 84 valence electrons. The summed E-state index contributed by atoms with van der Waals surface area (Å²) in [6, 6.07) is 3.89. The summed E-state index contributed by atoms with van der Waals surface area (Å²) in [5.74, 6) is -1.44. The van der Waals surface area contributed by atoms with E-state index < -0.39 is 11.6 Å². The van der Waals surface area contributed by atoms with Crippen molar-refractivity contribution in [2.75, 3.05) is 5.88 Å². The highest BCUT2D eigenvalue weighted by Gasteiger charge is 2.11. The van der Waals surface area contributed by atoms with Gasteiger partial charge < -0.3 is 0 Å². The van der Waals surface area contributed by atoms with E-state index in [1.165, 1.54) is 23.0 Å². The van der Waals surface area contributed by atoms with Crippen LogP contribution >= 0.6 is 11.6 Å². The Hall–Kier alpha value is -1.49. The van der Waals surface area contributed by atoms with Gasteiger partial charge >= 0.3 is 0 Å². The first-order valence-corrected chi connectivity index (χ1v) is 5.17. The molecule has 1 heterocycles. The van der Waals surface area contributed by atoms with E-state index in [2.05, 4.69) is 10.3 Å². The van der Waals surface area contributed by atoms with Crippen LogP contribution in [0.5, 0.6) is 0 Å². The van der Waals surface area contributed by atoms with Crippen LogP contribution in [0.4, 0.5) is 8.78 Å². The van der Waals surface area contributed by atoms with Gasteiger partial charge in [-0.1, -0.05) is 11.3 Å². The summed E-state index contributed by atoms with van der Waals surface area (Å²) in [5, 5.41) is 7.50. The highest BCUT2D eigenvalue weighted by atomic mass is 35.5. The first-order valence-electron chi connectivity index (χ1n) is 4.64. The van der Waals surface area contributed by atoms with E-state index >= 15 is 0 Å². The van der Waals surface area contributed by atoms with Gasteiger partial charge in [0.1, 0.15) is 5.69 Å². The summed E-state index contributed by atoms with van der Waals surface area (Å²) >= 11 is 5.54. The maximum atomic E-state index is 13.4. The lowest BCUT2D eigenvalue weighted by Gasteiger charge is -2.01. The second-order valence-electron chi connectivity index (χ2n) is 3.17. The molecule has 0 saturated carbocycles. The van der Waals surface area contributed by atoms with Gasteiger partial charge in [0.15, 0.2) is 11.6 Å². The van der Waals surface area contributed by atoms with Gasteiger partial charge in [0.05, 0.1) is 11.9 Å². The number of aromatic nitrogens is 3. The molecule has 0 aliphatic rings. The summed E-state index contributed by atoms with van der Waals surface area (Å²) < 4.78 is 27.5. The maximum Gasteiger partial charge on any atom is 0.184 e. The van der Waals surface area contributed by atoms with Crippen LogP contribution in [0.2, 0.25) is 0 Å². The van der Waals surface area contributed by atoms with Crippen LogP contribution in [0, 0.1) is 11.6 Å². The number of halogens is 3. The minimum atomic E-state index is -0.940. The molecule has 0 aliphatic carbocycles. The first kappa shape index (κ1) is 11.0. The smallest absolute Gasteiger partial charge is 0.184 e. The van der Waals surface area contributed by atoms with Gasteiger partial charge in [-0.05, 0) is 12.1 Å². The van der Waals surface area contributed by atoms with Crippen molar-refractivity contribution in [2.45, 2.75) is 6.42 Å². The highest BCUT2D eigenvalue weighted by Crippen LogP contribution is 2.15. The van der Waals surface area contributed by atoms with E-state index in [9.17, 15) is 8.78 Å². The number of nitrogens with zero attached hydrogens (tertiary/aromatic N) is 3. The predicted molar refractivity (Wildman–Crippen MR) is 55.7 cm³/mol. The Balaban J connectivity index is 2.39. The zero-order valence-electron chi connectivity index (χ0n) is 8.20. The molecule has 1 aromatic heterocycles. The van der Waals surface area contributed by atoms with E-state index in [4.69, 9.17) is 11.6 Å². The van der Waals surface area contributed by atoms with E-state index in [0.29, 0.717) is 18.0 Å². The Kier molecular flexibility index (Phi) is 3.14. The molecule has 0 spiro atoms. The lowest BCUT2D eigenvalue weighted by molar-refractivity contribution is 0.500. The first-order chi connectivity index (χ1) is 7.72. The molecule has 0 radical (unpaired) electrons. The van der Waals surface area contributed by atoms with Crippen LogP contribution < -0.4 is 0 Å². The Labute approximate surface area is 95.6 Å². The van der Waals surface area contributed by atoms with Crippen molar-refractivity contribution >= 4 is 11.6 Å². The third kappa shape index (κ3) is 2.04. The van der Waals surface area contributed by atoms with E-state index in [-0.39, 0.29) is 5.69 Å². The summed E-state index contributed by atoms with van der Waals surface area (Å²) in [7, 11) is 0. The molecule has 0 N–H and O–H groups in total. The number of hydrogen-bond donors (Lipinski definition) is 0. The zero-order valence-corrected chi connectivity index (χ0v) is 8.96. The van der Waals surface area contributed by atoms with Crippen molar-refractivity contribution in [1.82, 2.24) is 15.0 Å². The lowest BCUT2D eigenvalue weighted by atomic mass is 10.3. The maximum absolute atomic E-state index is 13.4. The molecule has 1 aromatic carbocycles. The highest BCUT2D eigenvalue weighted by molar-refractivity contribution is 6.17. The number of benzene rings is 1. The summed E-state index contributed by atoms with van der Waals surface area (Å²) in [6.45, 7) is 0. The van der Waals surface area contributed by atoms with Crippen molar-refractivity contribution in [3.05, 3.63) is 41.7 Å². The third-order valence-corrected chi connectivity index (χ3v) is 2.26. The molecule has 0 amide bonds. The minimum absolute atomic E-state index is 0.0355. The van der Waals surface area contributed by atoms with Crippen LogP contribution in [0.3, 0.4) is 0 Å². The molecular weight excluding hydrogens is 236 g/mol. The minimum Gasteiger partial charge on any atom is -0.217 e. The molecule has 6 heteroatoms. The van der Waals surface area contributed by atoms with Gasteiger partial charge in [0, 0.05) is 12.3 Å². The Bertz CT molecular complexity index is 499. The fraction of sp³-hybridized carbons (Fsp3) is 0.200. The molecule has 0 saturated heterocycles. The fourth-order valence-electron chi connectivity index (χ4n) is 1.30. The SMILES string of the molecule is Fc1cccc(-n2cc(CCCl)nn2)c1F. The summed E-state index contributed by atoms with van der Waals surface area (Å²) in [6.07, 6.45) is 2.07. The van der Waals surface area contributed by atoms with Crippen LogP contribution in [-0.2, 0) is 6.42 Å². The molecule has 2 aromatic rings. The van der Waals surface area contributed by atoms with Crippen molar-refractivity contribution in [3.63, 3.8) is 0 Å². The fourth-order valence-corrected chi connectivity index (χ4v) is 1.49. The molecule has 16 heavy (non-hydrogen) atoms. The van der Waals surface area contributed by atoms with Gasteiger partial charge in [-0.25, -0.2) is 13.5 Å². The van der Waals surface area contributed by atoms with Crippen molar-refractivity contribution < 1.29 is 8.78 Å². The Morgan fingerprint density at radius 1 is 1.31 bits per heavy atom. The summed E-state index contributed by atoms with van der Waals surface area (Å²) in [4.78, 5) is 0. The summed E-state index contributed by atoms with van der Waals surface area (Å²) in [5.41, 5.74) is 0.673. The predicted octanol–water partition coefficient (Wildman–Crippen LogP) is 2.33. The molecule has 2 rings (SSSR count). The van der Waals surface area contributed by atoms with Crippen LogP contribution in [-0.4, -0.2) is 20.9 Å². The Morgan fingerprint density at radius 2 is 2.12 bits per heavy atom. The van der Waals surface area contributed by atoms with Crippen molar-refractivity contribution in [3.8, 4) is 5.69 Å². The van der Waals surface area contributed by atoms with Gasteiger partial charge in [-0.3, -0.25) is 0 Å². The third-order valence-electron chi connectivity index (χ3n) is 2.07. The van der Waals surface area contributed by atoms with Gasteiger partial charge in [0.25, 0.3) is 0 Å². The van der Waals surface area contributed by atoms with Gasteiger partial charge in [0.2, 0.25) is 0 Å². The number of alkyl halides is 1. The number of aryl methyl sites for hydroxylation is 1. The molecule has 0 aliphatic heterocycles. The van der Waals surface area contributed by atoms with E-state index in [0.717, 1.165) is 6.07 Å². The quantitative estimate of drug-likeness (QED) is 0.775. The zero-order chi connectivity index (χ0) is 11.5. The average molecular weight is 244 g/mol. The average Bonchev–Trinajstić information content (AvgIpc) is 2.71. The number of rotatable bonds is 3. The van der Waals surface area contributed by atoms with Gasteiger partial charge in [-0.15, -0.1) is 16.7 Å². The molecule has 0 unspecified atom stereocenters. The largest absolute Gasteiger partial charge is 0.217 e. The van der Waals surface area contributed by atoms with Crippen molar-refractivity contribution in [2.24, 2.45) is 0 Å². The molecule has 0 atom stereocenters. The van der Waals surface area contributed by atoms with E-state index in [1.807, 2.05) is 0 Å². The van der Waals surface area contributed by atoms with Crippen LogP contribution in [0.1, 0.15) is 5.69 Å². The number of hydrogen-bond acceptors (Lipinski definition) is 2. The standard InChI is InChI=1S/C10H8ClF2N3/c11-5-4-7-6-16(15-14-7)9-3-1-2-8(12)10(9)13/h1-3,6H,4-5H2. The topological polar surface area (TPSA) is 30.7 Å². The van der Waals surface area contributed by atoms with Crippen molar-refractivity contribution in [1.29, 1.82) is 0 Å². The molecule has 0 bridgehead atoms. The lowest BCUT2D eigenvalue weighted by Crippen LogP contribution is -2.00. The normalized spacial score (nSPS) is 10.7. The molecular formula is C10H8ClF2N3. The van der Waals surface area contributed by atoms with E-state index in [1.54, 1.807) is 0 Å². The van der Waals surface area contributed by atoms with Gasteiger partial charge in [-0.2, -0.15) is 0 Å². The molecule has 0 fully saturated rings. The molecule has 3 nitrogen and oxygen atoms in total.